The fourth-order valence-electron chi connectivity index (χ4n) is 4.62. The summed E-state index contributed by atoms with van der Waals surface area (Å²) in [5, 5.41) is 33.6. The van der Waals surface area contributed by atoms with Crippen molar-refractivity contribution in [3.8, 4) is 11.6 Å². The van der Waals surface area contributed by atoms with Crippen molar-refractivity contribution in [3.63, 3.8) is 0 Å². The number of phenols is 1. The lowest BCUT2D eigenvalue weighted by Crippen LogP contribution is -2.47. The van der Waals surface area contributed by atoms with Gasteiger partial charge in [-0.3, -0.25) is 4.79 Å². The number of aromatic carboxylic acids is 1. The molecular formula is C25H22N8O5. The van der Waals surface area contributed by atoms with E-state index in [-0.39, 0.29) is 17.9 Å². The second kappa shape index (κ2) is 9.03. The predicted molar refractivity (Wildman–Crippen MR) is 137 cm³/mol. The van der Waals surface area contributed by atoms with E-state index < -0.39 is 11.9 Å². The Morgan fingerprint density at radius 1 is 0.921 bits per heavy atom. The van der Waals surface area contributed by atoms with E-state index in [1.807, 2.05) is 17.0 Å². The maximum Gasteiger partial charge on any atom is 0.335 e. The third-order valence-corrected chi connectivity index (χ3v) is 6.54. The van der Waals surface area contributed by atoms with Gasteiger partial charge in [0.2, 0.25) is 5.95 Å². The second-order valence-corrected chi connectivity index (χ2v) is 8.91. The van der Waals surface area contributed by atoms with E-state index in [4.69, 9.17) is 4.98 Å². The van der Waals surface area contributed by atoms with Crippen LogP contribution in [-0.2, 0) is 11.3 Å². The van der Waals surface area contributed by atoms with E-state index in [0.29, 0.717) is 54.6 Å². The summed E-state index contributed by atoms with van der Waals surface area (Å²) in [6.45, 7) is 2.24. The number of hydrogen-bond acceptors (Lipinski definition) is 9. The number of phenolic OH excluding ortho intramolecular Hbond substituents is 1. The maximum atomic E-state index is 11.6. The lowest BCUT2D eigenvalue weighted by Gasteiger charge is -2.36. The van der Waals surface area contributed by atoms with Crippen molar-refractivity contribution in [1.29, 1.82) is 0 Å². The molecule has 4 heterocycles. The molecule has 0 saturated carbocycles. The first kappa shape index (κ1) is 23.2. The van der Waals surface area contributed by atoms with Crippen LogP contribution in [0.3, 0.4) is 0 Å². The van der Waals surface area contributed by atoms with Crippen molar-refractivity contribution in [2.24, 2.45) is 0 Å². The summed E-state index contributed by atoms with van der Waals surface area (Å²) in [5.41, 5.74) is 2.32. The zero-order valence-corrected chi connectivity index (χ0v) is 20.0. The number of benzene rings is 2. The molecule has 0 amide bonds. The fraction of sp³-hybridized carbons (Fsp3) is 0.200. The molecule has 2 aromatic carbocycles. The molecule has 0 bridgehead atoms. The van der Waals surface area contributed by atoms with Crippen LogP contribution < -0.4 is 9.80 Å². The molecular weight excluding hydrogens is 492 g/mol. The van der Waals surface area contributed by atoms with Crippen LogP contribution in [0.4, 0.5) is 11.6 Å². The van der Waals surface area contributed by atoms with Gasteiger partial charge in [-0.1, -0.05) is 6.07 Å². The molecule has 3 N–H and O–H groups in total. The molecule has 0 aliphatic carbocycles. The van der Waals surface area contributed by atoms with E-state index in [1.165, 1.54) is 27.7 Å². The third kappa shape index (κ3) is 4.09. The Morgan fingerprint density at radius 2 is 1.66 bits per heavy atom. The number of piperazine rings is 1. The molecule has 13 heteroatoms. The summed E-state index contributed by atoms with van der Waals surface area (Å²) >= 11 is 0. The fourth-order valence-corrected chi connectivity index (χ4v) is 4.62. The van der Waals surface area contributed by atoms with Gasteiger partial charge in [0.25, 0.3) is 0 Å². The molecule has 0 spiro atoms. The summed E-state index contributed by atoms with van der Waals surface area (Å²) in [4.78, 5) is 41.1. The van der Waals surface area contributed by atoms with Gasteiger partial charge in [0, 0.05) is 37.3 Å². The van der Waals surface area contributed by atoms with E-state index in [1.54, 1.807) is 24.4 Å². The summed E-state index contributed by atoms with van der Waals surface area (Å²) in [7, 11) is 0. The van der Waals surface area contributed by atoms with Gasteiger partial charge in [-0.15, -0.1) is 0 Å². The van der Waals surface area contributed by atoms with Crippen LogP contribution in [0.25, 0.3) is 27.9 Å². The highest BCUT2D eigenvalue weighted by atomic mass is 16.4. The van der Waals surface area contributed by atoms with Crippen molar-refractivity contribution in [2.45, 2.75) is 6.54 Å². The van der Waals surface area contributed by atoms with Crippen LogP contribution in [0.5, 0.6) is 5.75 Å². The molecule has 1 fully saturated rings. The quantitative estimate of drug-likeness (QED) is 0.304. The van der Waals surface area contributed by atoms with Gasteiger partial charge in [-0.25, -0.2) is 14.5 Å². The molecule has 0 atom stereocenters. The highest BCUT2D eigenvalue weighted by Crippen LogP contribution is 2.27. The number of aromatic hydroxyl groups is 1. The van der Waals surface area contributed by atoms with Crippen LogP contribution in [0, 0.1) is 0 Å². The number of aromatic nitrogens is 6. The van der Waals surface area contributed by atoms with Gasteiger partial charge < -0.3 is 29.7 Å². The van der Waals surface area contributed by atoms with Crippen molar-refractivity contribution in [3.05, 3.63) is 60.6 Å². The van der Waals surface area contributed by atoms with E-state index >= 15 is 0 Å². The molecule has 192 valence electrons. The molecule has 1 aliphatic heterocycles. The summed E-state index contributed by atoms with van der Waals surface area (Å²) in [6.07, 6.45) is 3.01. The number of fused-ring (bicyclic) bond motifs is 2. The average molecular weight is 515 g/mol. The molecule has 3 aromatic heterocycles. The zero-order valence-electron chi connectivity index (χ0n) is 20.0. The number of anilines is 2. The largest absolute Gasteiger partial charge is 0.508 e. The highest BCUT2D eigenvalue weighted by Gasteiger charge is 2.24. The minimum atomic E-state index is -1.06. The number of carboxylic acids is 2. The number of imidazole rings is 1. The first-order valence-electron chi connectivity index (χ1n) is 11.8. The van der Waals surface area contributed by atoms with Gasteiger partial charge in [0.05, 0.1) is 23.6 Å². The van der Waals surface area contributed by atoms with Gasteiger partial charge in [-0.05, 0) is 36.4 Å². The lowest BCUT2D eigenvalue weighted by molar-refractivity contribution is -0.137. The van der Waals surface area contributed by atoms with Gasteiger partial charge in [-0.2, -0.15) is 15.1 Å². The topological polar surface area (TPSA) is 163 Å². The Kier molecular flexibility index (Phi) is 5.52. The van der Waals surface area contributed by atoms with E-state index in [0.717, 1.165) is 11.1 Å². The first-order chi connectivity index (χ1) is 18.4. The highest BCUT2D eigenvalue weighted by molar-refractivity contribution is 5.94. The molecule has 1 aliphatic rings. The Bertz CT molecular complexity index is 1690. The molecule has 0 unspecified atom stereocenters. The third-order valence-electron chi connectivity index (χ3n) is 6.54. The first-order valence-corrected chi connectivity index (χ1v) is 11.8. The van der Waals surface area contributed by atoms with Crippen LogP contribution in [0.1, 0.15) is 10.4 Å². The van der Waals surface area contributed by atoms with Gasteiger partial charge in [0.15, 0.2) is 17.0 Å². The molecule has 1 saturated heterocycles. The number of rotatable bonds is 6. The van der Waals surface area contributed by atoms with Crippen LogP contribution in [-0.4, -0.2) is 82.7 Å². The monoisotopic (exact) mass is 514 g/mol. The Balaban J connectivity index is 1.42. The predicted octanol–water partition coefficient (Wildman–Crippen LogP) is 1.98. The van der Waals surface area contributed by atoms with Crippen LogP contribution >= 0.6 is 0 Å². The Morgan fingerprint density at radius 3 is 2.37 bits per heavy atom. The van der Waals surface area contributed by atoms with Crippen molar-refractivity contribution in [1.82, 2.24) is 29.3 Å². The molecule has 5 aromatic rings. The van der Waals surface area contributed by atoms with Crippen molar-refractivity contribution in [2.75, 3.05) is 36.0 Å². The van der Waals surface area contributed by atoms with Crippen molar-refractivity contribution < 1.29 is 24.9 Å². The van der Waals surface area contributed by atoms with Gasteiger partial charge in [0.1, 0.15) is 12.3 Å². The minimum Gasteiger partial charge on any atom is -0.508 e. The maximum absolute atomic E-state index is 11.6. The summed E-state index contributed by atoms with van der Waals surface area (Å²) < 4.78 is 2.95. The number of carboxylic acid groups (broad SMARTS) is 2. The summed E-state index contributed by atoms with van der Waals surface area (Å²) in [6, 6.07) is 11.7. The smallest absolute Gasteiger partial charge is 0.335 e. The molecule has 6 rings (SSSR count). The number of carbonyl (C=O) groups is 2. The zero-order chi connectivity index (χ0) is 26.4. The van der Waals surface area contributed by atoms with Crippen LogP contribution in [0.2, 0.25) is 0 Å². The Hall–Kier alpha value is -5.20. The number of aliphatic carboxylic acids is 1. The van der Waals surface area contributed by atoms with E-state index in [9.17, 15) is 24.9 Å². The van der Waals surface area contributed by atoms with Gasteiger partial charge >= 0.3 is 11.9 Å². The van der Waals surface area contributed by atoms with Crippen LogP contribution in [0.15, 0.2) is 55.0 Å². The number of nitrogens with zero attached hydrogens (tertiary/aromatic N) is 8. The van der Waals surface area contributed by atoms with Crippen molar-refractivity contribution >= 4 is 45.6 Å². The average Bonchev–Trinajstić information content (AvgIpc) is 3.52. The standard InChI is InChI=1S/C25H22N8O5/c34-18-5-3-17(4-6-18)30-7-9-31(10-8-30)25-28-22-21(26-14-32(22)13-20(35)36)23(29-25)33-19-11-15(24(37)38)1-2-16(19)12-27-33/h1-6,11-12,14,34H,7-10,13H2,(H,35,36)(H,37,38). The second-order valence-electron chi connectivity index (χ2n) is 8.91. The molecule has 0 radical (unpaired) electrons. The number of hydrogen-bond donors (Lipinski definition) is 3. The Labute approximate surface area is 214 Å². The van der Waals surface area contributed by atoms with E-state index in [2.05, 4.69) is 20.0 Å². The molecule has 38 heavy (non-hydrogen) atoms. The lowest BCUT2D eigenvalue weighted by atomic mass is 10.2. The SMILES string of the molecule is O=C(O)Cn1cnc2c(-n3ncc4ccc(C(=O)O)cc43)nc(N3CCN(c4ccc(O)cc4)CC3)nc21. The minimum absolute atomic E-state index is 0.103. The molecule has 13 nitrogen and oxygen atoms in total. The normalized spacial score (nSPS) is 13.9. The summed E-state index contributed by atoms with van der Waals surface area (Å²) in [5.74, 6) is -1.17.